The van der Waals surface area contributed by atoms with Crippen molar-refractivity contribution in [1.82, 2.24) is 100 Å². The molecule has 4 aliphatic rings. The number of fused-ring (bicyclic) bond motifs is 5. The van der Waals surface area contributed by atoms with Crippen molar-refractivity contribution < 1.29 is 94.3 Å². The van der Waals surface area contributed by atoms with Crippen LogP contribution in [0.15, 0.2) is 175 Å². The van der Waals surface area contributed by atoms with Crippen molar-refractivity contribution in [2.75, 3.05) is 130 Å². The number of carbonyl (C=O) groups excluding carboxylic acids is 4. The second kappa shape index (κ2) is 58.3. The fourth-order valence-corrected chi connectivity index (χ4v) is 17.0. The molecule has 4 fully saturated rings. The van der Waals surface area contributed by atoms with Gasteiger partial charge in [-0.2, -0.15) is 45.1 Å². The molecule has 0 radical (unpaired) electrons. The molecule has 4 saturated heterocycles. The molecule has 4 aliphatic heterocycles. The van der Waals surface area contributed by atoms with E-state index >= 15 is 0 Å². The van der Waals surface area contributed by atoms with Crippen molar-refractivity contribution in [1.29, 1.82) is 5.26 Å². The van der Waals surface area contributed by atoms with Crippen molar-refractivity contribution in [3.8, 4) is 6.07 Å². The number of aryl methyl sites for hydroxylation is 2. The Morgan fingerprint density at radius 1 is 0.533 bits per heavy atom. The van der Waals surface area contributed by atoms with Crippen LogP contribution in [-0.4, -0.2) is 281 Å². The van der Waals surface area contributed by atoms with E-state index in [0.717, 1.165) is 112 Å². The number of ether oxygens (including phenoxy) is 2. The average Bonchev–Trinajstić information content (AvgIpc) is 1.53. The summed E-state index contributed by atoms with van der Waals surface area (Å²) < 4.78 is 19.2. The number of H-pyrrole nitrogens is 6. The van der Waals surface area contributed by atoms with Crippen molar-refractivity contribution >= 4 is 195 Å². The predicted molar refractivity (Wildman–Crippen MR) is 575 cm³/mol. The number of aromatic nitrogens is 15. The number of hydrogen-bond donors (Lipinski definition) is 16. The van der Waals surface area contributed by atoms with Crippen LogP contribution < -0.4 is 59.6 Å². The molecule has 46 nitrogen and oxygen atoms in total. The number of benzene rings is 4. The fraction of sp³-hybridized carbons (Fsp3) is 0.357. The van der Waals surface area contributed by atoms with E-state index in [4.69, 9.17) is 66.7 Å². The van der Waals surface area contributed by atoms with Crippen LogP contribution >= 0.6 is 50.5 Å². The second-order valence-electron chi connectivity index (χ2n) is 35.1. The van der Waals surface area contributed by atoms with E-state index in [0.29, 0.717) is 82.9 Å². The Bertz CT molecular complexity index is 6920. The molecule has 804 valence electrons. The van der Waals surface area contributed by atoms with Gasteiger partial charge in [0.25, 0.3) is 11.5 Å². The largest absolute Gasteiger partial charge is 0.478 e. The van der Waals surface area contributed by atoms with Crippen molar-refractivity contribution in [2.24, 2.45) is 23.7 Å². The van der Waals surface area contributed by atoms with Gasteiger partial charge in [0.2, 0.25) is 47.9 Å². The maximum atomic E-state index is 12.9. The van der Waals surface area contributed by atoms with Gasteiger partial charge >= 0.3 is 41.6 Å². The Balaban J connectivity index is 0.000000236. The number of hydrogen-bond acceptors (Lipinski definition) is 32. The van der Waals surface area contributed by atoms with Crippen LogP contribution in [0, 0.1) is 55.4 Å². The smallest absolute Gasteiger partial charge is 0.384 e. The van der Waals surface area contributed by atoms with Gasteiger partial charge in [-0.1, -0.05) is 123 Å². The molecular weight excluding hydrogens is 2130 g/mol. The summed E-state index contributed by atoms with van der Waals surface area (Å²) in [7, 11) is 8.15. The minimum absolute atomic E-state index is 0. The zero-order valence-electron chi connectivity index (χ0n) is 83.6. The van der Waals surface area contributed by atoms with Gasteiger partial charge < -0.3 is 129 Å². The van der Waals surface area contributed by atoms with Crippen LogP contribution in [0.1, 0.15) is 108 Å². The molecule has 10 aromatic heterocycles. The summed E-state index contributed by atoms with van der Waals surface area (Å²) >= 11 is 19.6. The summed E-state index contributed by atoms with van der Waals surface area (Å²) in [5.74, 6) is -0.914. The molecule has 1 unspecified atom stereocenters. The number of nitriles is 1. The Labute approximate surface area is 895 Å². The number of amides is 2. The molecule has 0 saturated carbocycles. The number of piperidine rings is 4. The van der Waals surface area contributed by atoms with E-state index in [9.17, 15) is 53.1 Å². The summed E-state index contributed by atoms with van der Waals surface area (Å²) in [6, 6.07) is 44.9. The zero-order valence-corrected chi connectivity index (χ0v) is 89.1. The molecule has 0 bridgehead atoms. The van der Waals surface area contributed by atoms with Crippen LogP contribution in [0.2, 0.25) is 5.15 Å². The van der Waals surface area contributed by atoms with Gasteiger partial charge in [0, 0.05) is 136 Å². The zero-order chi connectivity index (χ0) is 107. The minimum atomic E-state index is -3.22. The Hall–Kier alpha value is -14.7. The number of nitrogens with two attached hydrogens (primary N) is 5. The number of nitrogens with zero attached hydrogens (tertiary/aromatic N) is 17. The summed E-state index contributed by atoms with van der Waals surface area (Å²) in [5, 5.41) is 43.3. The van der Waals surface area contributed by atoms with Crippen molar-refractivity contribution in [2.45, 2.75) is 117 Å². The molecule has 2 amide bonds. The number of carboxylic acids is 3. The maximum Gasteiger partial charge on any atom is 0.384 e. The summed E-state index contributed by atoms with van der Waals surface area (Å²) in [5.41, 5.74) is 35.3. The van der Waals surface area contributed by atoms with E-state index in [-0.39, 0.29) is 102 Å². The van der Waals surface area contributed by atoms with Gasteiger partial charge in [0.1, 0.15) is 57.3 Å². The van der Waals surface area contributed by atoms with E-state index in [1.165, 1.54) is 55.8 Å². The third-order valence-corrected chi connectivity index (χ3v) is 25.0. The number of rotatable bonds is 19. The molecule has 4 aromatic carbocycles. The number of anilines is 8. The third kappa shape index (κ3) is 35.2. The number of halogens is 4. The Morgan fingerprint density at radius 2 is 0.920 bits per heavy atom. The summed E-state index contributed by atoms with van der Waals surface area (Å²) in [6.07, 6.45) is 8.72. The van der Waals surface area contributed by atoms with Gasteiger partial charge in [-0.3, -0.25) is 28.8 Å². The second-order valence-corrected chi connectivity index (χ2v) is 42.1. The maximum absolute atomic E-state index is 12.9. The SMILES string of the molecule is CN[C@H]1CN(Cc2ccccc2)CCC1C.C[C@@H]1CCN(C(=O)CC#N)C[C@@H]1N(C)c1nc(N)nc2[nH]ccc12.C[C@@H]1CCN(C(=O)c2ccccc2)C[C@@H]1N(C)c1nc(N)nc2[nH]ccc12.C[C@@H]1CCNC[C@@H]1N(C)c1nc(N)nc2[nH]ccc12.Cc1ccc(C(=O)O[C@@H](C(=O)O)[C@@H](OC(=O)c2ccc(C)cc2)C(=O)O)cc1.Nc1nc(Cl)c2cc[nH]c2n1.Nc1nc2[nH]ccc2c(=O)[nH]1.O.O.O=P(Cl)(Cl)Cl.[C-]#[N+]CC(=O)O.[Pd]. The number of aliphatic carboxylic acids is 3. The normalized spacial score (nSPS) is 17.3. The van der Waals surface area contributed by atoms with Crippen LogP contribution in [0.3, 0.4) is 0 Å². The number of nitrogens with one attached hydrogen (secondary N) is 8. The molecule has 14 aromatic rings. The van der Waals surface area contributed by atoms with E-state index in [1.54, 1.807) is 67.5 Å². The van der Waals surface area contributed by atoms with Gasteiger partial charge in [-0.05, 0) is 189 Å². The van der Waals surface area contributed by atoms with Crippen molar-refractivity contribution in [3.05, 3.63) is 231 Å². The first-order valence-corrected chi connectivity index (χ1v) is 51.3. The molecule has 150 heavy (non-hydrogen) atoms. The number of carboxylic acid groups (broad SMARTS) is 3. The first kappa shape index (κ1) is 122. The van der Waals surface area contributed by atoms with Gasteiger partial charge in [-0.25, -0.2) is 35.5 Å². The molecule has 25 N–H and O–H groups in total. The number of aromatic amines is 6. The number of likely N-dealkylation sites (tertiary alicyclic amines) is 3. The van der Waals surface area contributed by atoms with E-state index in [2.05, 4.69) is 216 Å². The number of likely N-dealkylation sites (N-methyl/N-ethyl adjacent to an activating group) is 4. The van der Waals surface area contributed by atoms with Gasteiger partial charge in [0.05, 0.1) is 56.2 Å². The number of esters is 2. The summed E-state index contributed by atoms with van der Waals surface area (Å²) in [4.78, 5) is 163. The first-order chi connectivity index (χ1) is 70.0. The molecule has 14 heterocycles. The monoisotopic (exact) mass is 2250 g/mol. The molecule has 10 atom stereocenters. The predicted octanol–water partition coefficient (Wildman–Crippen LogP) is 11.1. The van der Waals surface area contributed by atoms with Crippen LogP contribution in [-0.2, 0) is 60.2 Å². The van der Waals surface area contributed by atoms with Crippen LogP contribution in [0.4, 0.5) is 47.2 Å². The van der Waals surface area contributed by atoms with E-state index < -0.39 is 53.8 Å². The standard InChI is InChI=1S/C20H24N6O.C20H18O8.C16H21N7O.C14H22N2.C13H20N6.C6H5ClN4.C6H6N4O.C3H3NO2.Cl3OP.2H2O.Pd/c1-13-9-11-26(19(27)14-6-4-3-5-7-14)12-16(13)25(2)18-15-8-10-22-17(15)23-20(21)24-18;1-11-3-7-13(8-4-11)19(25)27-15(17(21)22)16(18(23)24)28-20(26)14-9-5-12(2)6-10-14;1-10-5-8-23(13(24)3-6-17)9-12(10)22(2)15-11-4-7-19-14(11)20-16(18)21-15;1-12-8-9-16(11-14(12)15-2)10-13-6-4-3-5-7-13;1-8-3-5-15-7-10(8)19(2)12-9-4-6-16-11(9)17-13(14)18-12;7-4-3-1-2-9-5(3)11-6(8)10-4;7-6-9-4-3(1-2-8-4)5(11)10-6;1-4-2-3(5)6;1-5(2,3)4;;;/h3-8,10,13,16H,9,11-12H2,1-2H3,(H3,21,22,23,24);3-10,15-16H,1-2H3,(H,21,22)(H,23,24);4,7,10,12H,3,5,8-9H2,1-2H3,(H3,18,19,20,21);3-7,12,14-15H,8-11H2,1-2H3;4,6,8,10,15H,3,5,7H2,1-2H3,(H3,14,16,17,18);1-2H,(H3,8,9,10,11);1-2H,(H4,7,8,9,10,11);2H2,(H,5,6);;2*1H2;/t13-,16+;15-,16-;10-,12+;12?,14-;8-,10+;;;;;;;/m11101......./s1. The Morgan fingerprint density at radius 3 is 1.33 bits per heavy atom. The fourth-order valence-electron chi connectivity index (χ4n) is 16.7. The number of nitrogen functional groups attached to an aromatic ring is 5. The van der Waals surface area contributed by atoms with Gasteiger partial charge in [0.15, 0.2) is 0 Å². The molecule has 18 rings (SSSR count). The quantitative estimate of drug-likeness (QED) is 0.0118. The molecular formula is C98H123Cl4N30O16PPd. The van der Waals surface area contributed by atoms with Crippen molar-refractivity contribution in [3.63, 3.8) is 0 Å². The minimum Gasteiger partial charge on any atom is -0.478 e. The average molecular weight is 2260 g/mol. The molecule has 0 spiro atoms. The first-order valence-electron chi connectivity index (χ1n) is 46.5. The van der Waals surface area contributed by atoms with Gasteiger partial charge in [-0.15, -0.1) is 0 Å². The topological polar surface area (TPSA) is 708 Å². The number of carbonyl (C=O) groups is 7. The molecule has 52 heteroatoms. The third-order valence-electron chi connectivity index (χ3n) is 24.8. The molecule has 0 aliphatic carbocycles. The van der Waals surface area contributed by atoms with E-state index in [1.807, 2.05) is 92.2 Å². The van der Waals surface area contributed by atoms with Crippen LogP contribution in [0.25, 0.3) is 60.0 Å². The Kier molecular flexibility index (Phi) is 47.5. The summed E-state index contributed by atoms with van der Waals surface area (Å²) in [6.45, 7) is 26.4. The van der Waals surface area contributed by atoms with Crippen LogP contribution in [0.5, 0.6) is 0 Å².